The standard InChI is InChI=1S/C22H34F4O10/c23-21(24,15-34-10-18-4-2-1-3-5-18)36-22(25,26)16-35-17-32-9-8-31-12-20(29)14-33-13-19(28)11-30-7-6-27/h1-5,19-20,27-29H,6-17H2. The molecule has 210 valence electrons. The summed E-state index contributed by atoms with van der Waals surface area (Å²) in [6, 6.07) is 8.37. The average Bonchev–Trinajstić information content (AvgIpc) is 2.80. The molecule has 0 fully saturated rings. The van der Waals surface area contributed by atoms with Gasteiger partial charge in [-0.15, -0.1) is 0 Å². The molecule has 0 spiro atoms. The average molecular weight is 534 g/mol. The Hall–Kier alpha value is -1.46. The van der Waals surface area contributed by atoms with Gasteiger partial charge in [-0.25, -0.2) is 0 Å². The highest BCUT2D eigenvalue weighted by molar-refractivity contribution is 5.13. The first-order chi connectivity index (χ1) is 17.1. The van der Waals surface area contributed by atoms with E-state index in [0.717, 1.165) is 0 Å². The Bertz CT molecular complexity index is 657. The molecule has 0 bridgehead atoms. The van der Waals surface area contributed by atoms with Gasteiger partial charge in [0.15, 0.2) is 0 Å². The molecule has 0 radical (unpaired) electrons. The fourth-order valence-corrected chi connectivity index (χ4v) is 2.48. The third-order valence-electron chi connectivity index (χ3n) is 3.97. The largest absolute Gasteiger partial charge is 0.394 e. The number of alkyl halides is 4. The molecule has 1 rings (SSSR count). The molecule has 0 aliphatic carbocycles. The number of rotatable bonds is 23. The number of benzene rings is 1. The lowest BCUT2D eigenvalue weighted by Gasteiger charge is -2.23. The molecule has 0 aliphatic rings. The smallest absolute Gasteiger partial charge is 0.383 e. The van der Waals surface area contributed by atoms with Gasteiger partial charge in [0.1, 0.15) is 32.2 Å². The summed E-state index contributed by atoms with van der Waals surface area (Å²) in [5, 5.41) is 27.7. The van der Waals surface area contributed by atoms with Crippen LogP contribution in [0, 0.1) is 0 Å². The van der Waals surface area contributed by atoms with Crippen molar-refractivity contribution in [3.05, 3.63) is 35.9 Å². The first kappa shape index (κ1) is 32.6. The molecule has 1 aromatic rings. The molecular weight excluding hydrogens is 500 g/mol. The monoisotopic (exact) mass is 534 g/mol. The second kappa shape index (κ2) is 18.7. The second-order valence-corrected chi connectivity index (χ2v) is 7.45. The predicted octanol–water partition coefficient (Wildman–Crippen LogP) is 1.16. The summed E-state index contributed by atoms with van der Waals surface area (Å²) in [6.45, 7) is -4.12. The second-order valence-electron chi connectivity index (χ2n) is 7.45. The van der Waals surface area contributed by atoms with Gasteiger partial charge in [0.2, 0.25) is 0 Å². The molecule has 0 aromatic heterocycles. The van der Waals surface area contributed by atoms with Crippen molar-refractivity contribution in [1.29, 1.82) is 0 Å². The lowest BCUT2D eigenvalue weighted by Crippen LogP contribution is -2.39. The third-order valence-corrected chi connectivity index (χ3v) is 3.97. The van der Waals surface area contributed by atoms with Gasteiger partial charge in [-0.1, -0.05) is 30.3 Å². The Morgan fingerprint density at radius 2 is 1.19 bits per heavy atom. The molecule has 0 aliphatic heterocycles. The van der Waals surface area contributed by atoms with Crippen molar-refractivity contribution in [2.45, 2.75) is 31.0 Å². The van der Waals surface area contributed by atoms with Gasteiger partial charge in [-0.2, -0.15) is 17.6 Å². The first-order valence-corrected chi connectivity index (χ1v) is 11.1. The van der Waals surface area contributed by atoms with Crippen LogP contribution in [0.1, 0.15) is 5.56 Å². The van der Waals surface area contributed by atoms with Gasteiger partial charge in [-0.05, 0) is 5.56 Å². The van der Waals surface area contributed by atoms with Crippen molar-refractivity contribution in [2.75, 3.05) is 72.9 Å². The fraction of sp³-hybridized carbons (Fsp3) is 0.727. The normalized spacial score (nSPS) is 14.2. The Balaban J connectivity index is 2.02. The summed E-state index contributed by atoms with van der Waals surface area (Å²) in [5.41, 5.74) is 0.601. The van der Waals surface area contributed by atoms with E-state index in [1.54, 1.807) is 30.3 Å². The lowest BCUT2D eigenvalue weighted by molar-refractivity contribution is -0.396. The summed E-state index contributed by atoms with van der Waals surface area (Å²) in [4.78, 5) is 0. The van der Waals surface area contributed by atoms with Crippen molar-refractivity contribution in [3.63, 3.8) is 0 Å². The maximum Gasteiger partial charge on any atom is 0.383 e. The van der Waals surface area contributed by atoms with E-state index in [-0.39, 0.29) is 59.5 Å². The molecule has 2 atom stereocenters. The highest BCUT2D eigenvalue weighted by Gasteiger charge is 2.44. The summed E-state index contributed by atoms with van der Waals surface area (Å²) in [5.74, 6) is 0. The number of aliphatic hydroxyl groups excluding tert-OH is 3. The van der Waals surface area contributed by atoms with Crippen LogP contribution in [0.2, 0.25) is 0 Å². The maximum atomic E-state index is 13.6. The fourth-order valence-electron chi connectivity index (χ4n) is 2.48. The van der Waals surface area contributed by atoms with E-state index in [0.29, 0.717) is 5.56 Å². The number of ether oxygens (including phenoxy) is 7. The number of aliphatic hydroxyl groups is 3. The highest BCUT2D eigenvalue weighted by Crippen LogP contribution is 2.27. The van der Waals surface area contributed by atoms with Gasteiger partial charge in [0.25, 0.3) is 0 Å². The van der Waals surface area contributed by atoms with E-state index in [9.17, 15) is 27.8 Å². The molecule has 14 heteroatoms. The van der Waals surface area contributed by atoms with Gasteiger partial charge in [-0.3, -0.25) is 4.74 Å². The van der Waals surface area contributed by atoms with Crippen LogP contribution < -0.4 is 0 Å². The van der Waals surface area contributed by atoms with E-state index >= 15 is 0 Å². The first-order valence-electron chi connectivity index (χ1n) is 11.1. The Labute approximate surface area is 206 Å². The van der Waals surface area contributed by atoms with E-state index in [1.165, 1.54) is 0 Å². The molecule has 36 heavy (non-hydrogen) atoms. The van der Waals surface area contributed by atoms with Crippen molar-refractivity contribution >= 4 is 0 Å². The summed E-state index contributed by atoms with van der Waals surface area (Å²) >= 11 is 0. The van der Waals surface area contributed by atoms with Crippen molar-refractivity contribution in [1.82, 2.24) is 0 Å². The predicted molar refractivity (Wildman–Crippen MR) is 115 cm³/mol. The molecule has 0 saturated carbocycles. The van der Waals surface area contributed by atoms with Gasteiger partial charge < -0.3 is 43.7 Å². The SMILES string of the molecule is OCCOCC(O)COCC(O)COCCOCOCC(F)(F)OC(F)(F)COCc1ccccc1. The molecule has 3 N–H and O–H groups in total. The molecule has 1 aromatic carbocycles. The van der Waals surface area contributed by atoms with Crippen molar-refractivity contribution in [2.24, 2.45) is 0 Å². The van der Waals surface area contributed by atoms with E-state index in [1.807, 2.05) is 0 Å². The third kappa shape index (κ3) is 17.9. The zero-order valence-corrected chi connectivity index (χ0v) is 19.7. The van der Waals surface area contributed by atoms with E-state index < -0.39 is 44.4 Å². The summed E-state index contributed by atoms with van der Waals surface area (Å²) in [7, 11) is 0. The number of hydrogen-bond donors (Lipinski definition) is 3. The van der Waals surface area contributed by atoms with E-state index in [2.05, 4.69) is 9.47 Å². The van der Waals surface area contributed by atoms with Crippen molar-refractivity contribution < 1.29 is 66.0 Å². The van der Waals surface area contributed by atoms with Crippen molar-refractivity contribution in [3.8, 4) is 0 Å². The summed E-state index contributed by atoms with van der Waals surface area (Å²) < 4.78 is 87.1. The van der Waals surface area contributed by atoms with Crippen LogP contribution in [0.5, 0.6) is 0 Å². The van der Waals surface area contributed by atoms with Crippen LogP contribution in [0.25, 0.3) is 0 Å². The van der Waals surface area contributed by atoms with Crippen LogP contribution in [-0.2, 0) is 39.8 Å². The molecule has 2 unspecified atom stereocenters. The zero-order chi connectivity index (χ0) is 26.7. The Morgan fingerprint density at radius 3 is 1.81 bits per heavy atom. The Kier molecular flexibility index (Phi) is 16.9. The quantitative estimate of drug-likeness (QED) is 0.107. The van der Waals surface area contributed by atoms with Gasteiger partial charge >= 0.3 is 12.2 Å². The van der Waals surface area contributed by atoms with Gasteiger partial charge in [0, 0.05) is 0 Å². The topological polar surface area (TPSA) is 125 Å². The zero-order valence-electron chi connectivity index (χ0n) is 19.7. The van der Waals surface area contributed by atoms with Crippen LogP contribution in [0.4, 0.5) is 17.6 Å². The van der Waals surface area contributed by atoms with Crippen LogP contribution in [0.3, 0.4) is 0 Å². The molecule has 0 saturated heterocycles. The molecule has 10 nitrogen and oxygen atoms in total. The van der Waals surface area contributed by atoms with Crippen LogP contribution in [0.15, 0.2) is 30.3 Å². The molecule has 0 amide bonds. The van der Waals surface area contributed by atoms with E-state index in [4.69, 9.17) is 28.8 Å². The summed E-state index contributed by atoms with van der Waals surface area (Å²) in [6.07, 6.45) is -10.4. The minimum atomic E-state index is -4.28. The van der Waals surface area contributed by atoms with Crippen LogP contribution in [-0.4, -0.2) is 113 Å². The molecular formula is C22H34F4O10. The maximum absolute atomic E-state index is 13.6. The molecule has 0 heterocycles. The number of halogens is 4. The minimum Gasteiger partial charge on any atom is -0.394 e. The number of hydrogen-bond acceptors (Lipinski definition) is 10. The minimum absolute atomic E-state index is 0.0121. The lowest BCUT2D eigenvalue weighted by atomic mass is 10.2. The van der Waals surface area contributed by atoms with Gasteiger partial charge in [0.05, 0.1) is 59.5 Å². The Morgan fingerprint density at radius 1 is 0.667 bits per heavy atom. The van der Waals surface area contributed by atoms with Crippen LogP contribution >= 0.6 is 0 Å². The highest BCUT2D eigenvalue weighted by atomic mass is 19.3.